The molecular formula is C11H12N2O2. The van der Waals surface area contributed by atoms with Crippen molar-refractivity contribution in [2.45, 2.75) is 6.92 Å². The number of carbonyl (C=O) groups is 2. The van der Waals surface area contributed by atoms with E-state index in [1.807, 2.05) is 0 Å². The molecule has 4 heteroatoms. The molecule has 0 atom stereocenters. The molecule has 0 unspecified atom stereocenters. The molecule has 1 amide bonds. The van der Waals surface area contributed by atoms with Gasteiger partial charge in [0.05, 0.1) is 5.69 Å². The SMILES string of the molecule is CC(=O)NCC=Cc1ccc(C=O)cn1. The highest BCUT2D eigenvalue weighted by molar-refractivity contribution is 5.74. The van der Waals surface area contributed by atoms with Crippen molar-refractivity contribution in [2.75, 3.05) is 6.54 Å². The Kier molecular flexibility index (Phi) is 4.22. The van der Waals surface area contributed by atoms with E-state index in [-0.39, 0.29) is 5.91 Å². The van der Waals surface area contributed by atoms with Crippen molar-refractivity contribution >= 4 is 18.3 Å². The molecular weight excluding hydrogens is 192 g/mol. The van der Waals surface area contributed by atoms with Crippen LogP contribution in [0.4, 0.5) is 0 Å². The fourth-order valence-corrected chi connectivity index (χ4v) is 0.967. The molecule has 0 aliphatic heterocycles. The average molecular weight is 204 g/mol. The summed E-state index contributed by atoms with van der Waals surface area (Å²) >= 11 is 0. The van der Waals surface area contributed by atoms with Gasteiger partial charge < -0.3 is 5.32 Å². The van der Waals surface area contributed by atoms with Crippen molar-refractivity contribution < 1.29 is 9.59 Å². The van der Waals surface area contributed by atoms with E-state index >= 15 is 0 Å². The van der Waals surface area contributed by atoms with E-state index in [2.05, 4.69) is 10.3 Å². The average Bonchev–Trinajstić information content (AvgIpc) is 2.25. The quantitative estimate of drug-likeness (QED) is 0.745. The summed E-state index contributed by atoms with van der Waals surface area (Å²) in [6, 6.07) is 3.44. The van der Waals surface area contributed by atoms with E-state index in [9.17, 15) is 9.59 Å². The number of pyridine rings is 1. The first-order valence-electron chi connectivity index (χ1n) is 4.54. The highest BCUT2D eigenvalue weighted by Crippen LogP contribution is 1.99. The van der Waals surface area contributed by atoms with Gasteiger partial charge in [0.25, 0.3) is 0 Å². The Morgan fingerprint density at radius 3 is 2.87 bits per heavy atom. The molecule has 0 radical (unpaired) electrons. The second-order valence-corrected chi connectivity index (χ2v) is 2.97. The molecule has 0 saturated carbocycles. The van der Waals surface area contributed by atoms with Gasteiger partial charge in [0, 0.05) is 25.2 Å². The Hall–Kier alpha value is -1.97. The lowest BCUT2D eigenvalue weighted by Crippen LogP contribution is -2.19. The first-order chi connectivity index (χ1) is 7.22. The summed E-state index contributed by atoms with van der Waals surface area (Å²) in [7, 11) is 0. The highest BCUT2D eigenvalue weighted by atomic mass is 16.1. The number of hydrogen-bond donors (Lipinski definition) is 1. The number of nitrogens with zero attached hydrogens (tertiary/aromatic N) is 1. The van der Waals surface area contributed by atoms with E-state index in [1.165, 1.54) is 13.1 Å². The fourth-order valence-electron chi connectivity index (χ4n) is 0.967. The molecule has 15 heavy (non-hydrogen) atoms. The van der Waals surface area contributed by atoms with Gasteiger partial charge in [-0.15, -0.1) is 0 Å². The summed E-state index contributed by atoms with van der Waals surface area (Å²) in [5.74, 6) is -0.0658. The number of hydrogen-bond acceptors (Lipinski definition) is 3. The Labute approximate surface area is 88.0 Å². The van der Waals surface area contributed by atoms with Gasteiger partial charge in [-0.05, 0) is 18.2 Å². The van der Waals surface area contributed by atoms with Crippen LogP contribution in [-0.2, 0) is 4.79 Å². The molecule has 0 saturated heterocycles. The van der Waals surface area contributed by atoms with Crippen LogP contribution < -0.4 is 5.32 Å². The summed E-state index contributed by atoms with van der Waals surface area (Å²) in [5, 5.41) is 2.63. The van der Waals surface area contributed by atoms with Crippen LogP contribution in [0.3, 0.4) is 0 Å². The molecule has 1 N–H and O–H groups in total. The van der Waals surface area contributed by atoms with E-state index in [0.29, 0.717) is 12.1 Å². The highest BCUT2D eigenvalue weighted by Gasteiger charge is 1.90. The summed E-state index contributed by atoms with van der Waals surface area (Å²) in [5.41, 5.74) is 1.31. The first kappa shape index (κ1) is 11.1. The molecule has 0 fully saturated rings. The van der Waals surface area contributed by atoms with Gasteiger partial charge in [0.2, 0.25) is 5.91 Å². The first-order valence-corrected chi connectivity index (χ1v) is 4.54. The van der Waals surface area contributed by atoms with Gasteiger partial charge in [-0.1, -0.05) is 6.08 Å². The van der Waals surface area contributed by atoms with Gasteiger partial charge in [-0.3, -0.25) is 14.6 Å². The minimum absolute atomic E-state index is 0.0658. The molecule has 78 valence electrons. The maximum absolute atomic E-state index is 10.5. The lowest BCUT2D eigenvalue weighted by atomic mass is 10.2. The minimum Gasteiger partial charge on any atom is -0.353 e. The standard InChI is InChI=1S/C11H12N2O2/c1-9(15)12-6-2-3-11-5-4-10(8-14)7-13-11/h2-5,7-8H,6H2,1H3,(H,12,15). The van der Waals surface area contributed by atoms with Crippen molar-refractivity contribution in [1.29, 1.82) is 0 Å². The van der Waals surface area contributed by atoms with Gasteiger partial charge >= 0.3 is 0 Å². The van der Waals surface area contributed by atoms with Crippen molar-refractivity contribution in [3.05, 3.63) is 35.7 Å². The largest absolute Gasteiger partial charge is 0.353 e. The summed E-state index contributed by atoms with van der Waals surface area (Å²) < 4.78 is 0. The van der Waals surface area contributed by atoms with Crippen LogP contribution in [0, 0.1) is 0 Å². The number of aldehydes is 1. The molecule has 0 aromatic carbocycles. The van der Waals surface area contributed by atoms with Crippen LogP contribution in [0.15, 0.2) is 24.4 Å². The van der Waals surface area contributed by atoms with Crippen LogP contribution in [0.25, 0.3) is 6.08 Å². The molecule has 1 aromatic rings. The van der Waals surface area contributed by atoms with Crippen molar-refractivity contribution in [1.82, 2.24) is 10.3 Å². The van der Waals surface area contributed by atoms with Crippen LogP contribution >= 0.6 is 0 Å². The maximum atomic E-state index is 10.5. The molecule has 1 rings (SSSR count). The van der Waals surface area contributed by atoms with Crippen molar-refractivity contribution in [3.63, 3.8) is 0 Å². The zero-order valence-corrected chi connectivity index (χ0v) is 8.43. The number of amides is 1. The van der Waals surface area contributed by atoms with Crippen LogP contribution in [0.5, 0.6) is 0 Å². The molecule has 1 aromatic heterocycles. The lowest BCUT2D eigenvalue weighted by Gasteiger charge is -1.95. The van der Waals surface area contributed by atoms with Gasteiger partial charge in [-0.2, -0.15) is 0 Å². The Morgan fingerprint density at radius 1 is 1.53 bits per heavy atom. The van der Waals surface area contributed by atoms with Gasteiger partial charge in [-0.25, -0.2) is 0 Å². The third-order valence-electron chi connectivity index (χ3n) is 1.70. The Morgan fingerprint density at radius 2 is 2.33 bits per heavy atom. The molecule has 1 heterocycles. The van der Waals surface area contributed by atoms with E-state index in [1.54, 1.807) is 24.3 Å². The number of rotatable bonds is 4. The predicted molar refractivity (Wildman–Crippen MR) is 57.3 cm³/mol. The Balaban J connectivity index is 2.49. The van der Waals surface area contributed by atoms with Crippen molar-refractivity contribution in [2.24, 2.45) is 0 Å². The lowest BCUT2D eigenvalue weighted by molar-refractivity contribution is -0.118. The van der Waals surface area contributed by atoms with E-state index in [0.717, 1.165) is 12.0 Å². The molecule has 0 bridgehead atoms. The van der Waals surface area contributed by atoms with Gasteiger partial charge in [0.1, 0.15) is 0 Å². The molecule has 0 aliphatic rings. The van der Waals surface area contributed by atoms with Crippen LogP contribution in [0.2, 0.25) is 0 Å². The number of aromatic nitrogens is 1. The van der Waals surface area contributed by atoms with Crippen LogP contribution in [0.1, 0.15) is 23.0 Å². The van der Waals surface area contributed by atoms with E-state index in [4.69, 9.17) is 0 Å². The second-order valence-electron chi connectivity index (χ2n) is 2.97. The fraction of sp³-hybridized carbons (Fsp3) is 0.182. The smallest absolute Gasteiger partial charge is 0.217 e. The molecule has 0 spiro atoms. The van der Waals surface area contributed by atoms with E-state index < -0.39 is 0 Å². The third kappa shape index (κ3) is 4.17. The summed E-state index contributed by atoms with van der Waals surface area (Å²) in [6.45, 7) is 1.94. The Bertz CT molecular complexity index is 369. The third-order valence-corrected chi connectivity index (χ3v) is 1.70. The summed E-state index contributed by atoms with van der Waals surface area (Å²) in [6.07, 6.45) is 5.83. The summed E-state index contributed by atoms with van der Waals surface area (Å²) in [4.78, 5) is 24.9. The number of nitrogens with one attached hydrogen (secondary N) is 1. The normalized spacial score (nSPS) is 10.2. The zero-order chi connectivity index (χ0) is 11.1. The minimum atomic E-state index is -0.0658. The zero-order valence-electron chi connectivity index (χ0n) is 8.43. The second kappa shape index (κ2) is 5.70. The molecule has 4 nitrogen and oxygen atoms in total. The van der Waals surface area contributed by atoms with Gasteiger partial charge in [0.15, 0.2) is 6.29 Å². The monoisotopic (exact) mass is 204 g/mol. The molecule has 0 aliphatic carbocycles. The maximum Gasteiger partial charge on any atom is 0.217 e. The number of carbonyl (C=O) groups excluding carboxylic acids is 2. The van der Waals surface area contributed by atoms with Crippen LogP contribution in [-0.4, -0.2) is 23.7 Å². The predicted octanol–water partition coefficient (Wildman–Crippen LogP) is 1.04. The topological polar surface area (TPSA) is 59.1 Å². The van der Waals surface area contributed by atoms with Crippen molar-refractivity contribution in [3.8, 4) is 0 Å².